The summed E-state index contributed by atoms with van der Waals surface area (Å²) >= 11 is 0. The molecule has 3 rings (SSSR count). The Balaban J connectivity index is 1.57. The molecule has 29 heavy (non-hydrogen) atoms. The number of para-hydroxylation sites is 1. The Bertz CT molecular complexity index is 932. The van der Waals surface area contributed by atoms with E-state index < -0.39 is 10.0 Å². The van der Waals surface area contributed by atoms with Crippen molar-refractivity contribution in [2.24, 2.45) is 0 Å². The Morgan fingerprint density at radius 2 is 1.55 bits per heavy atom. The fraction of sp³-hybridized carbons (Fsp3) is 0.409. The lowest BCUT2D eigenvalue weighted by molar-refractivity contribution is -0.121. The smallest absolute Gasteiger partial charge is 0.241 e. The van der Waals surface area contributed by atoms with Gasteiger partial charge in [-0.3, -0.25) is 9.69 Å². The molecule has 0 spiro atoms. The number of benzene rings is 2. The molecule has 0 unspecified atom stereocenters. The summed E-state index contributed by atoms with van der Waals surface area (Å²) in [6.45, 7) is 7.70. The molecule has 0 aliphatic carbocycles. The molecule has 2 aromatic rings. The van der Waals surface area contributed by atoms with E-state index in [-0.39, 0.29) is 17.7 Å². The van der Waals surface area contributed by atoms with Gasteiger partial charge in [-0.1, -0.05) is 48.5 Å². The Kier molecular flexibility index (Phi) is 6.72. The van der Waals surface area contributed by atoms with Gasteiger partial charge in [0.1, 0.15) is 0 Å². The van der Waals surface area contributed by atoms with Gasteiger partial charge >= 0.3 is 0 Å². The summed E-state index contributed by atoms with van der Waals surface area (Å²) < 4.78 is 27.0. The van der Waals surface area contributed by atoms with Gasteiger partial charge in [0.25, 0.3) is 0 Å². The van der Waals surface area contributed by atoms with E-state index in [1.165, 1.54) is 4.31 Å². The van der Waals surface area contributed by atoms with Crippen LogP contribution in [-0.2, 0) is 20.6 Å². The van der Waals surface area contributed by atoms with Crippen LogP contribution in [0.1, 0.15) is 23.6 Å². The van der Waals surface area contributed by atoms with Crippen LogP contribution in [0.15, 0.2) is 48.5 Å². The van der Waals surface area contributed by atoms with Gasteiger partial charge in [-0.05, 0) is 37.5 Å². The average molecular weight is 416 g/mol. The van der Waals surface area contributed by atoms with Gasteiger partial charge in [0.2, 0.25) is 15.9 Å². The molecule has 0 radical (unpaired) electrons. The molecular formula is C22H29N3O3S. The molecule has 1 saturated heterocycles. The van der Waals surface area contributed by atoms with E-state index in [2.05, 4.69) is 5.32 Å². The SMILES string of the molecule is Cc1cccc(C)c1NC(=O)[C@H](C)N1CCN(S(=O)(=O)Cc2ccccc2)CC1. The van der Waals surface area contributed by atoms with E-state index in [0.29, 0.717) is 26.2 Å². The van der Waals surface area contributed by atoms with Crippen LogP contribution in [0.2, 0.25) is 0 Å². The van der Waals surface area contributed by atoms with Gasteiger partial charge in [0.05, 0.1) is 11.8 Å². The molecule has 1 N–H and O–H groups in total. The number of hydrogen-bond donors (Lipinski definition) is 1. The number of anilines is 1. The van der Waals surface area contributed by atoms with E-state index in [1.54, 1.807) is 0 Å². The van der Waals surface area contributed by atoms with Gasteiger partial charge in [-0.25, -0.2) is 8.42 Å². The van der Waals surface area contributed by atoms with Crippen LogP contribution in [0, 0.1) is 13.8 Å². The lowest BCUT2D eigenvalue weighted by Crippen LogP contribution is -2.54. The van der Waals surface area contributed by atoms with Crippen molar-refractivity contribution in [1.29, 1.82) is 0 Å². The summed E-state index contributed by atoms with van der Waals surface area (Å²) in [5.41, 5.74) is 3.70. The number of carbonyl (C=O) groups excluding carboxylic acids is 1. The Morgan fingerprint density at radius 3 is 2.14 bits per heavy atom. The maximum Gasteiger partial charge on any atom is 0.241 e. The minimum Gasteiger partial charge on any atom is -0.324 e. The first-order chi connectivity index (χ1) is 13.8. The van der Waals surface area contributed by atoms with Crippen LogP contribution in [0.3, 0.4) is 0 Å². The predicted molar refractivity (Wildman–Crippen MR) is 116 cm³/mol. The molecule has 0 bridgehead atoms. The summed E-state index contributed by atoms with van der Waals surface area (Å²) in [4.78, 5) is 14.8. The van der Waals surface area contributed by atoms with Crippen LogP contribution in [0.25, 0.3) is 0 Å². The number of rotatable bonds is 6. The van der Waals surface area contributed by atoms with Crippen LogP contribution in [0.5, 0.6) is 0 Å². The van der Waals surface area contributed by atoms with Crippen molar-refractivity contribution in [3.63, 3.8) is 0 Å². The minimum absolute atomic E-state index is 0.0104. The number of hydrogen-bond acceptors (Lipinski definition) is 4. The van der Waals surface area contributed by atoms with Crippen molar-refractivity contribution in [3.05, 3.63) is 65.2 Å². The second kappa shape index (κ2) is 9.07. The topological polar surface area (TPSA) is 69.7 Å². The molecular weight excluding hydrogens is 386 g/mol. The van der Waals surface area contributed by atoms with Crippen molar-refractivity contribution in [2.75, 3.05) is 31.5 Å². The Hall–Kier alpha value is -2.22. The molecule has 1 aliphatic heterocycles. The highest BCUT2D eigenvalue weighted by Gasteiger charge is 2.31. The van der Waals surface area contributed by atoms with E-state index in [9.17, 15) is 13.2 Å². The van der Waals surface area contributed by atoms with Crippen LogP contribution in [-0.4, -0.2) is 55.8 Å². The first-order valence-electron chi connectivity index (χ1n) is 9.91. The minimum atomic E-state index is -3.36. The molecule has 1 aliphatic rings. The van der Waals surface area contributed by atoms with E-state index in [0.717, 1.165) is 22.4 Å². The summed E-state index contributed by atoms with van der Waals surface area (Å²) in [5.74, 6) is -0.0563. The lowest BCUT2D eigenvalue weighted by atomic mass is 10.1. The number of aryl methyl sites for hydroxylation is 2. The molecule has 2 aromatic carbocycles. The summed E-state index contributed by atoms with van der Waals surface area (Å²) in [6, 6.07) is 14.8. The van der Waals surface area contributed by atoms with E-state index in [4.69, 9.17) is 0 Å². The highest BCUT2D eigenvalue weighted by Crippen LogP contribution is 2.21. The van der Waals surface area contributed by atoms with Crippen molar-refractivity contribution in [1.82, 2.24) is 9.21 Å². The lowest BCUT2D eigenvalue weighted by Gasteiger charge is -2.36. The average Bonchev–Trinajstić information content (AvgIpc) is 2.70. The molecule has 0 aromatic heterocycles. The van der Waals surface area contributed by atoms with Gasteiger partial charge < -0.3 is 5.32 Å². The Labute approximate surface area is 173 Å². The van der Waals surface area contributed by atoms with Crippen molar-refractivity contribution in [3.8, 4) is 0 Å². The third-order valence-electron chi connectivity index (χ3n) is 5.52. The van der Waals surface area contributed by atoms with Gasteiger partial charge in [-0.15, -0.1) is 0 Å². The van der Waals surface area contributed by atoms with E-state index >= 15 is 0 Å². The first kappa shape index (κ1) is 21.5. The van der Waals surface area contributed by atoms with Gasteiger partial charge in [0, 0.05) is 31.9 Å². The zero-order valence-electron chi connectivity index (χ0n) is 17.3. The zero-order valence-corrected chi connectivity index (χ0v) is 18.1. The van der Waals surface area contributed by atoms with Crippen LogP contribution < -0.4 is 5.32 Å². The standard InChI is InChI=1S/C22H29N3O3S/c1-17-8-7-9-18(2)21(17)23-22(26)19(3)24-12-14-25(15-13-24)29(27,28)16-20-10-5-4-6-11-20/h4-11,19H,12-16H2,1-3H3,(H,23,26)/t19-/m0/s1. The fourth-order valence-corrected chi connectivity index (χ4v) is 5.17. The molecule has 7 heteroatoms. The fourth-order valence-electron chi connectivity index (χ4n) is 3.65. The van der Waals surface area contributed by atoms with Gasteiger partial charge in [-0.2, -0.15) is 4.31 Å². The molecule has 6 nitrogen and oxygen atoms in total. The van der Waals surface area contributed by atoms with Crippen molar-refractivity contribution < 1.29 is 13.2 Å². The zero-order chi connectivity index (χ0) is 21.0. The highest BCUT2D eigenvalue weighted by molar-refractivity contribution is 7.88. The van der Waals surface area contributed by atoms with E-state index in [1.807, 2.05) is 74.2 Å². The number of piperazine rings is 1. The van der Waals surface area contributed by atoms with Gasteiger partial charge in [0.15, 0.2) is 0 Å². The number of carbonyl (C=O) groups is 1. The molecule has 1 heterocycles. The molecule has 0 saturated carbocycles. The predicted octanol–water partition coefficient (Wildman–Crippen LogP) is 2.78. The molecule has 156 valence electrons. The normalized spacial score (nSPS) is 17.1. The summed E-state index contributed by atoms with van der Waals surface area (Å²) in [5, 5.41) is 3.04. The second-order valence-corrected chi connectivity index (χ2v) is 9.58. The maximum atomic E-state index is 12.8. The Morgan fingerprint density at radius 1 is 0.966 bits per heavy atom. The third-order valence-corrected chi connectivity index (χ3v) is 7.37. The quantitative estimate of drug-likeness (QED) is 0.788. The molecule has 1 amide bonds. The molecule has 1 atom stereocenters. The number of nitrogens with one attached hydrogen (secondary N) is 1. The highest BCUT2D eigenvalue weighted by atomic mass is 32.2. The second-order valence-electron chi connectivity index (χ2n) is 7.61. The van der Waals surface area contributed by atoms with Crippen LogP contribution >= 0.6 is 0 Å². The first-order valence-corrected chi connectivity index (χ1v) is 11.5. The third kappa shape index (κ3) is 5.23. The largest absolute Gasteiger partial charge is 0.324 e. The monoisotopic (exact) mass is 415 g/mol. The van der Waals surface area contributed by atoms with Crippen LogP contribution in [0.4, 0.5) is 5.69 Å². The summed E-state index contributed by atoms with van der Waals surface area (Å²) in [6.07, 6.45) is 0. The van der Waals surface area contributed by atoms with Crippen molar-refractivity contribution >= 4 is 21.6 Å². The molecule has 1 fully saturated rings. The number of sulfonamides is 1. The maximum absolute atomic E-state index is 12.8. The number of amides is 1. The van der Waals surface area contributed by atoms with Crippen molar-refractivity contribution in [2.45, 2.75) is 32.6 Å². The summed E-state index contributed by atoms with van der Waals surface area (Å²) in [7, 11) is -3.36. The number of nitrogens with zero attached hydrogens (tertiary/aromatic N) is 2.